The number of alkyl halides is 2. The fourth-order valence-corrected chi connectivity index (χ4v) is 1.98. The van der Waals surface area contributed by atoms with Crippen molar-refractivity contribution >= 4 is 45.2 Å². The van der Waals surface area contributed by atoms with Gasteiger partial charge in [-0.3, -0.25) is 0 Å². The van der Waals surface area contributed by atoms with Crippen molar-refractivity contribution in [1.82, 2.24) is 0 Å². The summed E-state index contributed by atoms with van der Waals surface area (Å²) >= 11 is 4.54. The fourth-order valence-electron chi connectivity index (χ4n) is 0.679. The van der Waals surface area contributed by atoms with Gasteiger partial charge in [-0.15, -0.1) is 0 Å². The molecule has 0 saturated heterocycles. The quantitative estimate of drug-likeness (QED) is 0.332. The summed E-state index contributed by atoms with van der Waals surface area (Å²) in [7, 11) is 0. The topological polar surface area (TPSA) is 40.5 Å². The van der Waals surface area contributed by atoms with Gasteiger partial charge in [0.15, 0.2) is 0 Å². The molecule has 0 aliphatic heterocycles. The van der Waals surface area contributed by atoms with Crippen molar-refractivity contribution in [3.63, 3.8) is 0 Å². The van der Waals surface area contributed by atoms with Crippen LogP contribution in [0.15, 0.2) is 12.0 Å². The van der Waals surface area contributed by atoms with E-state index in [0.29, 0.717) is 0 Å². The Hall–Kier alpha value is 0.800. The molecule has 1 atom stereocenters. The minimum atomic E-state index is -0.557. The summed E-state index contributed by atoms with van der Waals surface area (Å²) in [5, 5.41) is 17.0. The second-order valence-corrected chi connectivity index (χ2v) is 4.90. The van der Waals surface area contributed by atoms with Crippen molar-refractivity contribution in [3.8, 4) is 0 Å². The summed E-state index contributed by atoms with van der Waals surface area (Å²) in [5.74, 6) is -0.557. The molecule has 0 aromatic carbocycles. The van der Waals surface area contributed by atoms with E-state index in [1.807, 2.05) is 0 Å². The van der Waals surface area contributed by atoms with Crippen LogP contribution in [0.5, 0.6) is 0 Å². The van der Waals surface area contributed by atoms with Crippen LogP contribution >= 0.6 is 45.2 Å². The summed E-state index contributed by atoms with van der Waals surface area (Å²) in [6.45, 7) is 0. The third kappa shape index (κ3) is 8.71. The molecule has 0 aliphatic carbocycles. The van der Waals surface area contributed by atoms with E-state index in [-0.39, 0.29) is 3.92 Å². The molecule has 1 unspecified atom stereocenters. The summed E-state index contributed by atoms with van der Waals surface area (Å²) < 4.78 is 1.43. The maximum absolute atomic E-state index is 8.49. The Balaban J connectivity index is 3.37. The van der Waals surface area contributed by atoms with Crippen molar-refractivity contribution in [1.29, 1.82) is 0 Å². The van der Waals surface area contributed by atoms with E-state index in [0.717, 1.165) is 12.8 Å². The average Bonchev–Trinajstić information content (AvgIpc) is 1.86. The van der Waals surface area contributed by atoms with Crippen LogP contribution in [0.3, 0.4) is 0 Å². The summed E-state index contributed by atoms with van der Waals surface area (Å²) in [6.07, 6.45) is 4.85. The van der Waals surface area contributed by atoms with Gasteiger partial charge in [0.25, 0.3) is 5.95 Å². The van der Waals surface area contributed by atoms with E-state index in [4.69, 9.17) is 10.2 Å². The van der Waals surface area contributed by atoms with Crippen LogP contribution in [-0.2, 0) is 0 Å². The molecule has 0 amide bonds. The predicted molar refractivity (Wildman–Crippen MR) is 63.9 cm³/mol. The molecular weight excluding hydrogens is 370 g/mol. The van der Waals surface area contributed by atoms with Crippen LogP contribution in [0.2, 0.25) is 0 Å². The second kappa shape index (κ2) is 7.45. The summed E-state index contributed by atoms with van der Waals surface area (Å²) in [5.41, 5.74) is 0. The number of aliphatic hydroxyl groups is 2. The van der Waals surface area contributed by atoms with Gasteiger partial charge in [-0.2, -0.15) is 0 Å². The van der Waals surface area contributed by atoms with Gasteiger partial charge in [-0.25, -0.2) is 0 Å². The molecule has 11 heavy (non-hydrogen) atoms. The lowest BCUT2D eigenvalue weighted by Gasteiger charge is -2.01. The zero-order chi connectivity index (χ0) is 8.69. The van der Waals surface area contributed by atoms with Gasteiger partial charge in [0.2, 0.25) is 0 Å². The van der Waals surface area contributed by atoms with Gasteiger partial charge in [0.05, 0.1) is 0 Å². The molecule has 0 fully saturated rings. The SMILES string of the molecule is OC(O)=CC(I)CCCCI. The monoisotopic (exact) mass is 382 g/mol. The molecular formula is C7H12I2O2. The minimum absolute atomic E-state index is 0.251. The van der Waals surface area contributed by atoms with Crippen molar-refractivity contribution < 1.29 is 10.2 Å². The highest BCUT2D eigenvalue weighted by atomic mass is 127. The molecule has 0 bridgehead atoms. The Labute approximate surface area is 94.4 Å². The molecule has 0 heterocycles. The highest BCUT2D eigenvalue weighted by molar-refractivity contribution is 14.1. The molecule has 0 aromatic heterocycles. The van der Waals surface area contributed by atoms with E-state index >= 15 is 0 Å². The number of rotatable bonds is 5. The maximum Gasteiger partial charge on any atom is 0.270 e. The molecule has 0 saturated carbocycles. The molecule has 0 radical (unpaired) electrons. The molecule has 0 spiro atoms. The summed E-state index contributed by atoms with van der Waals surface area (Å²) in [4.78, 5) is 0. The molecule has 0 rings (SSSR count). The van der Waals surface area contributed by atoms with Gasteiger partial charge in [-0.1, -0.05) is 51.6 Å². The number of hydrogen-bond acceptors (Lipinski definition) is 2. The van der Waals surface area contributed by atoms with Crippen LogP contribution in [0.25, 0.3) is 0 Å². The third-order valence-corrected chi connectivity index (χ3v) is 2.94. The van der Waals surface area contributed by atoms with Crippen molar-refractivity contribution in [2.24, 2.45) is 0 Å². The minimum Gasteiger partial charge on any atom is -0.481 e. The normalized spacial score (nSPS) is 12.5. The van der Waals surface area contributed by atoms with E-state index in [1.165, 1.54) is 16.9 Å². The first kappa shape index (κ1) is 11.8. The summed E-state index contributed by atoms with van der Waals surface area (Å²) in [6, 6.07) is 0. The van der Waals surface area contributed by atoms with Crippen LogP contribution in [0.4, 0.5) is 0 Å². The van der Waals surface area contributed by atoms with Gasteiger partial charge < -0.3 is 10.2 Å². The average molecular weight is 382 g/mol. The molecule has 2 nitrogen and oxygen atoms in total. The largest absolute Gasteiger partial charge is 0.481 e. The van der Waals surface area contributed by atoms with E-state index in [1.54, 1.807) is 0 Å². The zero-order valence-corrected chi connectivity index (χ0v) is 10.4. The van der Waals surface area contributed by atoms with E-state index in [9.17, 15) is 0 Å². The smallest absolute Gasteiger partial charge is 0.270 e. The lowest BCUT2D eigenvalue weighted by molar-refractivity contribution is 0.189. The van der Waals surface area contributed by atoms with Gasteiger partial charge in [-0.05, 0) is 17.3 Å². The van der Waals surface area contributed by atoms with Crippen molar-refractivity contribution in [2.75, 3.05) is 4.43 Å². The van der Waals surface area contributed by atoms with Crippen LogP contribution in [-0.4, -0.2) is 18.6 Å². The highest BCUT2D eigenvalue weighted by Gasteiger charge is 2.00. The van der Waals surface area contributed by atoms with Gasteiger partial charge in [0, 0.05) is 10.0 Å². The highest BCUT2D eigenvalue weighted by Crippen LogP contribution is 2.13. The van der Waals surface area contributed by atoms with Crippen LogP contribution < -0.4 is 0 Å². The van der Waals surface area contributed by atoms with Crippen LogP contribution in [0.1, 0.15) is 19.3 Å². The number of hydrogen-bond donors (Lipinski definition) is 2. The van der Waals surface area contributed by atoms with Crippen molar-refractivity contribution in [2.45, 2.75) is 23.2 Å². The number of aliphatic hydroxyl groups excluding tert-OH is 1. The molecule has 4 heteroatoms. The van der Waals surface area contributed by atoms with E-state index in [2.05, 4.69) is 45.2 Å². The Morgan fingerprint density at radius 2 is 2.00 bits per heavy atom. The number of unbranched alkanes of at least 4 members (excludes halogenated alkanes) is 1. The lowest BCUT2D eigenvalue weighted by atomic mass is 10.2. The Kier molecular flexibility index (Phi) is 7.99. The Morgan fingerprint density at radius 3 is 2.45 bits per heavy atom. The number of halogens is 2. The Bertz CT molecular complexity index is 122. The maximum atomic E-state index is 8.49. The predicted octanol–water partition coefficient (Wildman–Crippen LogP) is 3.35. The molecule has 0 aromatic rings. The fraction of sp³-hybridized carbons (Fsp3) is 0.714. The first-order chi connectivity index (χ1) is 5.16. The first-order valence-electron chi connectivity index (χ1n) is 3.46. The lowest BCUT2D eigenvalue weighted by Crippen LogP contribution is -1.94. The number of allylic oxidation sites excluding steroid dienone is 1. The molecule has 0 aliphatic rings. The van der Waals surface area contributed by atoms with Gasteiger partial charge >= 0.3 is 0 Å². The Morgan fingerprint density at radius 1 is 1.36 bits per heavy atom. The van der Waals surface area contributed by atoms with Crippen LogP contribution in [0, 0.1) is 0 Å². The second-order valence-electron chi connectivity index (χ2n) is 2.23. The zero-order valence-electron chi connectivity index (χ0n) is 6.13. The van der Waals surface area contributed by atoms with E-state index < -0.39 is 5.95 Å². The molecule has 66 valence electrons. The van der Waals surface area contributed by atoms with Crippen molar-refractivity contribution in [3.05, 3.63) is 12.0 Å². The third-order valence-electron chi connectivity index (χ3n) is 1.19. The first-order valence-corrected chi connectivity index (χ1v) is 6.23. The van der Waals surface area contributed by atoms with Gasteiger partial charge in [0.1, 0.15) is 0 Å². The standard InChI is InChI=1S/C7H12I2O2/c8-4-2-1-3-6(9)5-7(10)11/h5-6,10-11H,1-4H2. The molecule has 2 N–H and O–H groups in total.